The molecule has 1 aromatic carbocycles. The zero-order valence-electron chi connectivity index (χ0n) is 11.3. The molecule has 0 saturated heterocycles. The first-order chi connectivity index (χ1) is 9.72. The third-order valence-electron chi connectivity index (χ3n) is 3.48. The number of hydrogen-bond acceptors (Lipinski definition) is 3. The van der Waals surface area contributed by atoms with Gasteiger partial charge in [0.05, 0.1) is 11.0 Å². The predicted octanol–water partition coefficient (Wildman–Crippen LogP) is 2.11. The number of carboxylic acids is 1. The van der Waals surface area contributed by atoms with Gasteiger partial charge in [0, 0.05) is 19.4 Å². The van der Waals surface area contributed by atoms with Gasteiger partial charge in [-0.3, -0.25) is 9.20 Å². The Balaban J connectivity index is 2.08. The van der Waals surface area contributed by atoms with E-state index in [0.29, 0.717) is 12.8 Å². The van der Waals surface area contributed by atoms with Crippen molar-refractivity contribution >= 4 is 22.8 Å². The number of aliphatic carboxylic acids is 1. The van der Waals surface area contributed by atoms with Crippen LogP contribution in [0.1, 0.15) is 25.6 Å². The lowest BCUT2D eigenvalue weighted by Gasteiger charge is -1.98. The maximum absolute atomic E-state index is 10.6. The van der Waals surface area contributed by atoms with Crippen LogP contribution >= 0.6 is 0 Å². The van der Waals surface area contributed by atoms with Crippen molar-refractivity contribution < 1.29 is 9.90 Å². The van der Waals surface area contributed by atoms with Crippen LogP contribution in [0.4, 0.5) is 0 Å². The number of para-hydroxylation sites is 2. The van der Waals surface area contributed by atoms with Crippen LogP contribution in [0.25, 0.3) is 16.8 Å². The van der Waals surface area contributed by atoms with Gasteiger partial charge in [-0.2, -0.15) is 0 Å². The highest BCUT2D eigenvalue weighted by Gasteiger charge is 2.15. The van der Waals surface area contributed by atoms with E-state index in [1.54, 1.807) is 0 Å². The van der Waals surface area contributed by atoms with Crippen LogP contribution < -0.4 is 0 Å². The van der Waals surface area contributed by atoms with Crippen LogP contribution in [-0.4, -0.2) is 30.2 Å². The van der Waals surface area contributed by atoms with E-state index < -0.39 is 5.97 Å². The lowest BCUT2D eigenvalue weighted by Crippen LogP contribution is -1.99. The number of aryl methyl sites for hydroxylation is 2. The zero-order chi connectivity index (χ0) is 14.1. The lowest BCUT2D eigenvalue weighted by molar-refractivity contribution is -0.137. The summed E-state index contributed by atoms with van der Waals surface area (Å²) in [5.41, 5.74) is 2.19. The van der Waals surface area contributed by atoms with Crippen LogP contribution in [0.2, 0.25) is 0 Å². The Labute approximate surface area is 115 Å². The van der Waals surface area contributed by atoms with Gasteiger partial charge < -0.3 is 9.67 Å². The summed E-state index contributed by atoms with van der Waals surface area (Å²) >= 11 is 0. The highest BCUT2D eigenvalue weighted by atomic mass is 16.4. The second kappa shape index (κ2) is 4.96. The maximum atomic E-state index is 10.6. The minimum atomic E-state index is -0.776. The molecule has 0 spiro atoms. The fourth-order valence-corrected chi connectivity index (χ4v) is 2.59. The zero-order valence-corrected chi connectivity index (χ0v) is 11.3. The van der Waals surface area contributed by atoms with Crippen LogP contribution in [-0.2, 0) is 17.8 Å². The summed E-state index contributed by atoms with van der Waals surface area (Å²) in [6, 6.07) is 8.10. The van der Waals surface area contributed by atoms with E-state index in [4.69, 9.17) is 5.11 Å². The summed E-state index contributed by atoms with van der Waals surface area (Å²) in [5, 5.41) is 17.2. The maximum Gasteiger partial charge on any atom is 0.303 e. The molecular formula is C14H16N4O2. The molecular weight excluding hydrogens is 256 g/mol. The Bertz CT molecular complexity index is 772. The summed E-state index contributed by atoms with van der Waals surface area (Å²) in [4.78, 5) is 10.6. The van der Waals surface area contributed by atoms with E-state index >= 15 is 0 Å². The molecule has 0 radical (unpaired) electrons. The molecule has 0 aliphatic heterocycles. The van der Waals surface area contributed by atoms with Gasteiger partial charge in [-0.05, 0) is 25.5 Å². The Morgan fingerprint density at radius 3 is 2.70 bits per heavy atom. The van der Waals surface area contributed by atoms with Gasteiger partial charge in [0.1, 0.15) is 5.82 Å². The summed E-state index contributed by atoms with van der Waals surface area (Å²) in [6.45, 7) is 2.90. The van der Waals surface area contributed by atoms with Crippen LogP contribution in [0.5, 0.6) is 0 Å². The van der Waals surface area contributed by atoms with Gasteiger partial charge in [-0.25, -0.2) is 0 Å². The van der Waals surface area contributed by atoms with Crippen molar-refractivity contribution in [2.24, 2.45) is 0 Å². The largest absolute Gasteiger partial charge is 0.481 e. The van der Waals surface area contributed by atoms with Gasteiger partial charge in [-0.1, -0.05) is 12.1 Å². The van der Waals surface area contributed by atoms with Gasteiger partial charge in [0.2, 0.25) is 5.78 Å². The molecule has 0 amide bonds. The van der Waals surface area contributed by atoms with E-state index in [9.17, 15) is 4.79 Å². The molecule has 1 N–H and O–H groups in total. The SMILES string of the molecule is CCn1c2ccccc2n2c(CCCC(=O)O)nnc12. The predicted molar refractivity (Wildman–Crippen MR) is 74.7 cm³/mol. The number of carboxylic acid groups (broad SMARTS) is 1. The molecule has 0 saturated carbocycles. The van der Waals surface area contributed by atoms with Crippen LogP contribution in [0, 0.1) is 0 Å². The first-order valence-corrected chi connectivity index (χ1v) is 6.75. The van der Waals surface area contributed by atoms with Gasteiger partial charge in [-0.15, -0.1) is 10.2 Å². The smallest absolute Gasteiger partial charge is 0.303 e. The lowest BCUT2D eigenvalue weighted by atomic mass is 10.2. The topological polar surface area (TPSA) is 72.4 Å². The second-order valence-electron chi connectivity index (χ2n) is 4.73. The number of benzene rings is 1. The molecule has 6 heteroatoms. The third kappa shape index (κ3) is 1.93. The molecule has 3 rings (SSSR count). The summed E-state index contributed by atoms with van der Waals surface area (Å²) in [7, 11) is 0. The van der Waals surface area contributed by atoms with Crippen LogP contribution in [0.15, 0.2) is 24.3 Å². The minimum Gasteiger partial charge on any atom is -0.481 e. The third-order valence-corrected chi connectivity index (χ3v) is 3.48. The molecule has 20 heavy (non-hydrogen) atoms. The van der Waals surface area contributed by atoms with E-state index in [1.807, 2.05) is 22.6 Å². The van der Waals surface area contributed by atoms with Gasteiger partial charge >= 0.3 is 5.97 Å². The van der Waals surface area contributed by atoms with Crippen molar-refractivity contribution in [3.8, 4) is 0 Å². The Kier molecular flexibility index (Phi) is 3.14. The highest BCUT2D eigenvalue weighted by molar-refractivity contribution is 5.80. The minimum absolute atomic E-state index is 0.154. The number of hydrogen-bond donors (Lipinski definition) is 1. The van der Waals surface area contributed by atoms with Crippen molar-refractivity contribution in [2.75, 3.05) is 0 Å². The fourth-order valence-electron chi connectivity index (χ4n) is 2.59. The standard InChI is InChI=1S/C14H16N4O2/c1-2-17-10-6-3-4-7-11(10)18-12(15-16-14(17)18)8-5-9-13(19)20/h3-4,6-7H,2,5,8-9H2,1H3,(H,19,20). The van der Waals surface area contributed by atoms with Crippen molar-refractivity contribution in [3.63, 3.8) is 0 Å². The van der Waals surface area contributed by atoms with Crippen LogP contribution in [0.3, 0.4) is 0 Å². The van der Waals surface area contributed by atoms with Gasteiger partial charge in [0.25, 0.3) is 0 Å². The summed E-state index contributed by atoms with van der Waals surface area (Å²) in [5.74, 6) is 0.866. The quantitative estimate of drug-likeness (QED) is 0.772. The number of imidazole rings is 1. The molecule has 0 fully saturated rings. The number of nitrogens with zero attached hydrogens (tertiary/aromatic N) is 4. The van der Waals surface area contributed by atoms with Crippen molar-refractivity contribution in [1.82, 2.24) is 19.2 Å². The normalized spacial score (nSPS) is 11.4. The molecule has 3 aromatic rings. The number of aromatic nitrogens is 4. The van der Waals surface area contributed by atoms with E-state index in [1.165, 1.54) is 0 Å². The van der Waals surface area contributed by atoms with Crippen molar-refractivity contribution in [1.29, 1.82) is 0 Å². The Morgan fingerprint density at radius 1 is 1.25 bits per heavy atom. The fraction of sp³-hybridized carbons (Fsp3) is 0.357. The van der Waals surface area contributed by atoms with E-state index in [0.717, 1.165) is 29.2 Å². The molecule has 104 valence electrons. The molecule has 0 atom stereocenters. The highest BCUT2D eigenvalue weighted by Crippen LogP contribution is 2.21. The number of fused-ring (bicyclic) bond motifs is 3. The first kappa shape index (κ1) is 12.7. The van der Waals surface area contributed by atoms with Crippen molar-refractivity contribution in [2.45, 2.75) is 32.7 Å². The van der Waals surface area contributed by atoms with E-state index in [2.05, 4.69) is 27.8 Å². The first-order valence-electron chi connectivity index (χ1n) is 6.75. The number of carbonyl (C=O) groups is 1. The Morgan fingerprint density at radius 2 is 2.00 bits per heavy atom. The molecule has 2 aromatic heterocycles. The Hall–Kier alpha value is -2.37. The molecule has 0 unspecified atom stereocenters. The van der Waals surface area contributed by atoms with Crippen molar-refractivity contribution in [3.05, 3.63) is 30.1 Å². The molecule has 0 bridgehead atoms. The van der Waals surface area contributed by atoms with Gasteiger partial charge in [0.15, 0.2) is 0 Å². The summed E-state index contributed by atoms with van der Waals surface area (Å²) in [6.07, 6.45) is 1.34. The average molecular weight is 272 g/mol. The molecule has 6 nitrogen and oxygen atoms in total. The second-order valence-corrected chi connectivity index (χ2v) is 4.73. The monoisotopic (exact) mass is 272 g/mol. The summed E-state index contributed by atoms with van der Waals surface area (Å²) < 4.78 is 4.14. The molecule has 0 aliphatic rings. The van der Waals surface area contributed by atoms with E-state index in [-0.39, 0.29) is 6.42 Å². The number of rotatable bonds is 5. The molecule has 2 heterocycles. The molecule has 0 aliphatic carbocycles. The average Bonchev–Trinajstić information content (AvgIpc) is 2.96.